The van der Waals surface area contributed by atoms with Gasteiger partial charge in [0.15, 0.2) is 0 Å². The molecule has 0 aromatic heterocycles. The highest BCUT2D eigenvalue weighted by molar-refractivity contribution is 5.64. The lowest BCUT2D eigenvalue weighted by Gasteiger charge is -2.31. The van der Waals surface area contributed by atoms with Gasteiger partial charge in [-0.15, -0.1) is 0 Å². The van der Waals surface area contributed by atoms with E-state index in [0.29, 0.717) is 12.1 Å². The molecule has 0 saturated heterocycles. The molecule has 16 heavy (non-hydrogen) atoms. The van der Waals surface area contributed by atoms with Crippen LogP contribution in [0.25, 0.3) is 5.57 Å². The zero-order valence-electron chi connectivity index (χ0n) is 10.9. The van der Waals surface area contributed by atoms with Crippen LogP contribution in [-0.2, 0) is 0 Å². The van der Waals surface area contributed by atoms with E-state index in [4.69, 9.17) is 0 Å². The number of nitrogens with zero attached hydrogens (tertiary/aromatic N) is 1. The van der Waals surface area contributed by atoms with Crippen molar-refractivity contribution in [1.82, 2.24) is 4.90 Å². The van der Waals surface area contributed by atoms with Crippen LogP contribution in [0.2, 0.25) is 0 Å². The fraction of sp³-hybridized carbons (Fsp3) is 0.467. The summed E-state index contributed by atoms with van der Waals surface area (Å²) in [6.45, 7) is 14.1. The Bertz CT molecular complexity index is 317. The van der Waals surface area contributed by atoms with Crippen molar-refractivity contribution in [2.75, 3.05) is 6.54 Å². The van der Waals surface area contributed by atoms with Crippen molar-refractivity contribution in [2.24, 2.45) is 0 Å². The third-order valence-corrected chi connectivity index (χ3v) is 2.88. The quantitative estimate of drug-likeness (QED) is 0.724. The molecule has 0 radical (unpaired) electrons. The molecule has 0 aliphatic heterocycles. The van der Waals surface area contributed by atoms with Gasteiger partial charge in [-0.3, -0.25) is 4.90 Å². The van der Waals surface area contributed by atoms with Gasteiger partial charge in [-0.25, -0.2) is 0 Å². The lowest BCUT2D eigenvalue weighted by Crippen LogP contribution is -2.37. The van der Waals surface area contributed by atoms with E-state index in [2.05, 4.69) is 63.4 Å². The first-order valence-corrected chi connectivity index (χ1v) is 6.01. The van der Waals surface area contributed by atoms with Gasteiger partial charge in [-0.05, 0) is 38.8 Å². The van der Waals surface area contributed by atoms with Crippen LogP contribution in [0.5, 0.6) is 0 Å². The van der Waals surface area contributed by atoms with Gasteiger partial charge < -0.3 is 0 Å². The Morgan fingerprint density at radius 3 is 2.00 bits per heavy atom. The van der Waals surface area contributed by atoms with Gasteiger partial charge in [0.05, 0.1) is 0 Å². The topological polar surface area (TPSA) is 3.24 Å². The van der Waals surface area contributed by atoms with Crippen LogP contribution < -0.4 is 0 Å². The zero-order chi connectivity index (χ0) is 12.1. The van der Waals surface area contributed by atoms with Crippen LogP contribution in [0.3, 0.4) is 0 Å². The Balaban J connectivity index is 2.70. The third-order valence-electron chi connectivity index (χ3n) is 2.88. The van der Waals surface area contributed by atoms with Crippen molar-refractivity contribution in [3.8, 4) is 0 Å². The summed E-state index contributed by atoms with van der Waals surface area (Å²) in [4.78, 5) is 2.45. The molecule has 1 nitrogen and oxygen atoms in total. The maximum Gasteiger partial charge on any atom is 0.0239 e. The second-order valence-corrected chi connectivity index (χ2v) is 4.83. The van der Waals surface area contributed by atoms with Crippen LogP contribution in [0.4, 0.5) is 0 Å². The van der Waals surface area contributed by atoms with E-state index in [1.54, 1.807) is 0 Å². The van der Waals surface area contributed by atoms with Crippen LogP contribution in [0, 0.1) is 0 Å². The second-order valence-electron chi connectivity index (χ2n) is 4.83. The fourth-order valence-corrected chi connectivity index (χ4v) is 1.95. The summed E-state index contributed by atoms with van der Waals surface area (Å²) >= 11 is 0. The second kappa shape index (κ2) is 5.86. The molecule has 0 aliphatic carbocycles. The summed E-state index contributed by atoms with van der Waals surface area (Å²) in [5.74, 6) is 0. The van der Waals surface area contributed by atoms with Gasteiger partial charge in [-0.1, -0.05) is 36.9 Å². The minimum absolute atomic E-state index is 0.556. The van der Waals surface area contributed by atoms with Gasteiger partial charge in [-0.2, -0.15) is 0 Å². The lowest BCUT2D eigenvalue weighted by atomic mass is 10.1. The summed E-state index contributed by atoms with van der Waals surface area (Å²) in [5, 5.41) is 0. The number of hydrogen-bond donors (Lipinski definition) is 0. The molecule has 0 heterocycles. The van der Waals surface area contributed by atoms with Gasteiger partial charge in [0.1, 0.15) is 0 Å². The van der Waals surface area contributed by atoms with E-state index in [-0.39, 0.29) is 0 Å². The van der Waals surface area contributed by atoms with E-state index in [0.717, 1.165) is 6.54 Å². The van der Waals surface area contributed by atoms with Gasteiger partial charge in [0.2, 0.25) is 0 Å². The zero-order valence-corrected chi connectivity index (χ0v) is 10.9. The average Bonchev–Trinajstić information content (AvgIpc) is 2.25. The lowest BCUT2D eigenvalue weighted by molar-refractivity contribution is 0.200. The summed E-state index contributed by atoms with van der Waals surface area (Å²) in [7, 11) is 0. The SMILES string of the molecule is C=C(CN(C(C)C)C(C)C)c1ccccc1. The highest BCUT2D eigenvalue weighted by atomic mass is 15.2. The number of rotatable bonds is 5. The van der Waals surface area contributed by atoms with Crippen LogP contribution in [0.1, 0.15) is 33.3 Å². The number of hydrogen-bond acceptors (Lipinski definition) is 1. The first-order chi connectivity index (χ1) is 7.52. The van der Waals surface area contributed by atoms with Crippen molar-refractivity contribution >= 4 is 5.57 Å². The monoisotopic (exact) mass is 217 g/mol. The highest BCUT2D eigenvalue weighted by Crippen LogP contribution is 2.16. The highest BCUT2D eigenvalue weighted by Gasteiger charge is 2.14. The molecule has 0 fully saturated rings. The molecule has 1 heteroatoms. The van der Waals surface area contributed by atoms with Crippen molar-refractivity contribution in [3.05, 3.63) is 42.5 Å². The Morgan fingerprint density at radius 2 is 1.56 bits per heavy atom. The molecule has 0 bridgehead atoms. The minimum atomic E-state index is 0.556. The standard InChI is InChI=1S/C15H23N/c1-12(2)16(13(3)4)11-14(5)15-9-7-6-8-10-15/h6-10,12-13H,5,11H2,1-4H3. The van der Waals surface area contributed by atoms with Crippen molar-refractivity contribution in [2.45, 2.75) is 39.8 Å². The maximum atomic E-state index is 4.19. The molecule has 1 aromatic rings. The smallest absolute Gasteiger partial charge is 0.0239 e. The Morgan fingerprint density at radius 1 is 1.06 bits per heavy atom. The van der Waals surface area contributed by atoms with Gasteiger partial charge in [0, 0.05) is 18.6 Å². The van der Waals surface area contributed by atoms with E-state index in [9.17, 15) is 0 Å². The molecule has 88 valence electrons. The van der Waals surface area contributed by atoms with Gasteiger partial charge >= 0.3 is 0 Å². The van der Waals surface area contributed by atoms with E-state index in [1.807, 2.05) is 6.07 Å². The molecule has 0 saturated carbocycles. The predicted molar refractivity (Wildman–Crippen MR) is 72.5 cm³/mol. The van der Waals surface area contributed by atoms with Crippen LogP contribution in [0.15, 0.2) is 36.9 Å². The molecular weight excluding hydrogens is 194 g/mol. The predicted octanol–water partition coefficient (Wildman–Crippen LogP) is 3.82. The first-order valence-electron chi connectivity index (χ1n) is 6.01. The molecule has 0 unspecified atom stereocenters. The van der Waals surface area contributed by atoms with Crippen LogP contribution >= 0.6 is 0 Å². The van der Waals surface area contributed by atoms with Crippen molar-refractivity contribution in [3.63, 3.8) is 0 Å². The Labute approximate surface area is 99.8 Å². The van der Waals surface area contributed by atoms with E-state index < -0.39 is 0 Å². The minimum Gasteiger partial charge on any atom is -0.294 e. The van der Waals surface area contributed by atoms with Crippen molar-refractivity contribution in [1.29, 1.82) is 0 Å². The summed E-state index contributed by atoms with van der Waals surface area (Å²) < 4.78 is 0. The number of benzene rings is 1. The first kappa shape index (κ1) is 13.0. The summed E-state index contributed by atoms with van der Waals surface area (Å²) in [6.07, 6.45) is 0. The van der Waals surface area contributed by atoms with E-state index >= 15 is 0 Å². The molecule has 0 amide bonds. The molecule has 0 N–H and O–H groups in total. The van der Waals surface area contributed by atoms with Crippen LogP contribution in [-0.4, -0.2) is 23.5 Å². The summed E-state index contributed by atoms with van der Waals surface area (Å²) in [6, 6.07) is 11.5. The molecule has 0 aliphatic rings. The normalized spacial score (nSPS) is 11.4. The third kappa shape index (κ3) is 3.49. The molecule has 0 spiro atoms. The molecule has 1 rings (SSSR count). The Kier molecular flexibility index (Phi) is 4.75. The summed E-state index contributed by atoms with van der Waals surface area (Å²) in [5.41, 5.74) is 2.44. The van der Waals surface area contributed by atoms with Gasteiger partial charge in [0.25, 0.3) is 0 Å². The fourth-order valence-electron chi connectivity index (χ4n) is 1.95. The average molecular weight is 217 g/mol. The molecule has 0 atom stereocenters. The van der Waals surface area contributed by atoms with E-state index in [1.165, 1.54) is 11.1 Å². The maximum absolute atomic E-state index is 4.19. The van der Waals surface area contributed by atoms with Crippen molar-refractivity contribution < 1.29 is 0 Å². The largest absolute Gasteiger partial charge is 0.294 e. The Hall–Kier alpha value is -1.08. The molecular formula is C15H23N. The molecule has 1 aromatic carbocycles.